The van der Waals surface area contributed by atoms with Gasteiger partial charge in [-0.15, -0.1) is 0 Å². The van der Waals surface area contributed by atoms with Gasteiger partial charge in [-0.2, -0.15) is 0 Å². The van der Waals surface area contributed by atoms with E-state index in [0.717, 1.165) is 37.3 Å². The van der Waals surface area contributed by atoms with Crippen LogP contribution in [0.25, 0.3) is 0 Å². The Morgan fingerprint density at radius 1 is 1.09 bits per heavy atom. The summed E-state index contributed by atoms with van der Waals surface area (Å²) in [5, 5.41) is 3.58. The zero-order valence-electron chi connectivity index (χ0n) is 13.2. The highest BCUT2D eigenvalue weighted by molar-refractivity contribution is 7.91. The minimum Gasteiger partial charge on any atom is -0.354 e. The van der Waals surface area contributed by atoms with Crippen molar-refractivity contribution in [1.82, 2.24) is 10.2 Å². The monoisotopic (exact) mass is 325 g/mol. The number of aliphatic imine (C=N–C) groups is 1. The van der Waals surface area contributed by atoms with Gasteiger partial charge in [0.2, 0.25) is 0 Å². The van der Waals surface area contributed by atoms with E-state index in [2.05, 4.69) is 10.2 Å². The average molecular weight is 325 g/mol. The summed E-state index contributed by atoms with van der Waals surface area (Å²) >= 11 is 0. The largest absolute Gasteiger partial charge is 0.354 e. The molecule has 2 saturated heterocycles. The number of nitrogens with zero attached hydrogens (tertiary/aromatic N) is 2. The van der Waals surface area contributed by atoms with Crippen molar-refractivity contribution in [2.45, 2.75) is 44.6 Å². The molecule has 2 atom stereocenters. The molecule has 0 radical (unpaired) electrons. The van der Waals surface area contributed by atoms with Crippen LogP contribution >= 0.6 is 0 Å². The van der Waals surface area contributed by atoms with Crippen molar-refractivity contribution in [3.63, 3.8) is 0 Å². The molecule has 2 saturated carbocycles. The Hall–Kier alpha value is -0.780. The fourth-order valence-electron chi connectivity index (χ4n) is 3.81. The fraction of sp³-hybridized carbons (Fsp3) is 0.938. The molecular formula is C16H27N3O2S. The van der Waals surface area contributed by atoms with Crippen LogP contribution in [0.1, 0.15) is 38.5 Å². The average Bonchev–Trinajstić information content (AvgIpc) is 3.40. The lowest BCUT2D eigenvalue weighted by molar-refractivity contribution is 0.432. The fourth-order valence-corrected chi connectivity index (χ4v) is 5.66. The highest BCUT2D eigenvalue weighted by Crippen LogP contribution is 2.41. The van der Waals surface area contributed by atoms with Gasteiger partial charge >= 0.3 is 0 Å². The molecule has 0 spiro atoms. The van der Waals surface area contributed by atoms with E-state index >= 15 is 0 Å². The number of rotatable bonds is 4. The molecule has 4 aliphatic rings. The molecule has 5 nitrogen and oxygen atoms in total. The van der Waals surface area contributed by atoms with Crippen LogP contribution in [0.2, 0.25) is 0 Å². The van der Waals surface area contributed by atoms with Crippen molar-refractivity contribution in [2.24, 2.45) is 22.7 Å². The second-order valence-electron chi connectivity index (χ2n) is 7.68. The predicted octanol–water partition coefficient (Wildman–Crippen LogP) is 1.26. The van der Waals surface area contributed by atoms with Crippen LogP contribution < -0.4 is 5.32 Å². The van der Waals surface area contributed by atoms with Crippen LogP contribution in [0, 0.1) is 17.8 Å². The van der Waals surface area contributed by atoms with Crippen LogP contribution in [0.3, 0.4) is 0 Å². The standard InChI is InChI=1S/C16H27N3O2S/c20-22(21)8-6-12(11-22)9-17-16(18-15-3-4-15)19-7-5-14(10-19)13-1-2-13/h12-15H,1-11H2,(H,17,18). The summed E-state index contributed by atoms with van der Waals surface area (Å²) in [5.74, 6) is 3.78. The topological polar surface area (TPSA) is 61.8 Å². The summed E-state index contributed by atoms with van der Waals surface area (Å²) in [6.45, 7) is 2.92. The van der Waals surface area contributed by atoms with Crippen LogP contribution in [-0.2, 0) is 9.84 Å². The summed E-state index contributed by atoms with van der Waals surface area (Å²) in [5.41, 5.74) is 0. The molecule has 4 fully saturated rings. The van der Waals surface area contributed by atoms with E-state index in [1.807, 2.05) is 0 Å². The third kappa shape index (κ3) is 3.58. The van der Waals surface area contributed by atoms with Crippen LogP contribution in [0.4, 0.5) is 0 Å². The van der Waals surface area contributed by atoms with Gasteiger partial charge in [-0.1, -0.05) is 0 Å². The Morgan fingerprint density at radius 2 is 1.91 bits per heavy atom. The molecule has 0 aromatic heterocycles. The van der Waals surface area contributed by atoms with Gasteiger partial charge in [-0.25, -0.2) is 8.42 Å². The van der Waals surface area contributed by atoms with Gasteiger partial charge < -0.3 is 10.2 Å². The molecule has 124 valence electrons. The Morgan fingerprint density at radius 3 is 2.55 bits per heavy atom. The Balaban J connectivity index is 1.38. The first-order valence-corrected chi connectivity index (χ1v) is 10.7. The lowest BCUT2D eigenvalue weighted by Gasteiger charge is -2.22. The van der Waals surface area contributed by atoms with Crippen LogP contribution in [0.15, 0.2) is 4.99 Å². The molecule has 2 aliphatic carbocycles. The molecule has 22 heavy (non-hydrogen) atoms. The Bertz CT molecular complexity index is 552. The SMILES string of the molecule is O=S1(=O)CCC(CN=C(NC2CC2)N2CCC(C3CC3)C2)C1. The summed E-state index contributed by atoms with van der Waals surface area (Å²) in [6.07, 6.45) is 7.41. The first kappa shape index (κ1) is 14.8. The molecule has 2 aliphatic heterocycles. The van der Waals surface area contributed by atoms with Crippen molar-refractivity contribution in [2.75, 3.05) is 31.1 Å². The van der Waals surface area contributed by atoms with Crippen molar-refractivity contribution < 1.29 is 8.42 Å². The van der Waals surface area contributed by atoms with Gasteiger partial charge in [0.05, 0.1) is 11.5 Å². The van der Waals surface area contributed by atoms with Gasteiger partial charge in [-0.3, -0.25) is 4.99 Å². The maximum absolute atomic E-state index is 11.6. The number of sulfone groups is 1. The van der Waals surface area contributed by atoms with Crippen molar-refractivity contribution >= 4 is 15.8 Å². The maximum atomic E-state index is 11.6. The first-order chi connectivity index (χ1) is 10.6. The number of guanidine groups is 1. The van der Waals surface area contributed by atoms with Crippen molar-refractivity contribution in [3.05, 3.63) is 0 Å². The van der Waals surface area contributed by atoms with E-state index in [1.54, 1.807) is 0 Å². The van der Waals surface area contributed by atoms with Crippen molar-refractivity contribution in [3.8, 4) is 0 Å². The second kappa shape index (κ2) is 5.69. The van der Waals surface area contributed by atoms with Gasteiger partial charge in [0.1, 0.15) is 0 Å². The molecule has 2 heterocycles. The van der Waals surface area contributed by atoms with E-state index < -0.39 is 9.84 Å². The Labute approximate surface area is 133 Å². The summed E-state index contributed by atoms with van der Waals surface area (Å²) in [6, 6.07) is 0.603. The number of hydrogen-bond acceptors (Lipinski definition) is 3. The summed E-state index contributed by atoms with van der Waals surface area (Å²) < 4.78 is 23.2. The molecule has 0 aromatic rings. The van der Waals surface area contributed by atoms with Gasteiger partial charge in [-0.05, 0) is 56.3 Å². The highest BCUT2D eigenvalue weighted by atomic mass is 32.2. The minimum atomic E-state index is -2.79. The zero-order valence-corrected chi connectivity index (χ0v) is 14.0. The minimum absolute atomic E-state index is 0.225. The summed E-state index contributed by atoms with van der Waals surface area (Å²) in [4.78, 5) is 7.24. The van der Waals surface area contributed by atoms with Gasteiger partial charge in [0, 0.05) is 25.7 Å². The quantitative estimate of drug-likeness (QED) is 0.624. The number of nitrogens with one attached hydrogen (secondary N) is 1. The molecule has 0 aromatic carbocycles. The van der Waals surface area contributed by atoms with Crippen LogP contribution in [-0.4, -0.2) is 56.5 Å². The molecule has 0 bridgehead atoms. The lowest BCUT2D eigenvalue weighted by Crippen LogP contribution is -2.41. The number of hydrogen-bond donors (Lipinski definition) is 1. The third-order valence-corrected chi connectivity index (χ3v) is 7.39. The normalized spacial score (nSPS) is 35.1. The first-order valence-electron chi connectivity index (χ1n) is 8.85. The van der Waals surface area contributed by atoms with E-state index in [4.69, 9.17) is 4.99 Å². The maximum Gasteiger partial charge on any atom is 0.194 e. The molecule has 0 amide bonds. The lowest BCUT2D eigenvalue weighted by atomic mass is 10.0. The Kier molecular flexibility index (Phi) is 3.83. The molecule has 1 N–H and O–H groups in total. The van der Waals surface area contributed by atoms with E-state index in [-0.39, 0.29) is 5.92 Å². The summed E-state index contributed by atoms with van der Waals surface area (Å²) in [7, 11) is -2.79. The van der Waals surface area contributed by atoms with E-state index in [1.165, 1.54) is 32.1 Å². The molecule has 2 unspecified atom stereocenters. The highest BCUT2D eigenvalue weighted by Gasteiger charge is 2.37. The number of likely N-dealkylation sites (tertiary alicyclic amines) is 1. The molecule has 6 heteroatoms. The van der Waals surface area contributed by atoms with E-state index in [0.29, 0.717) is 24.1 Å². The van der Waals surface area contributed by atoms with Crippen LogP contribution in [0.5, 0.6) is 0 Å². The van der Waals surface area contributed by atoms with Gasteiger partial charge in [0.25, 0.3) is 0 Å². The second-order valence-corrected chi connectivity index (χ2v) is 9.91. The predicted molar refractivity (Wildman–Crippen MR) is 87.6 cm³/mol. The third-order valence-electron chi connectivity index (χ3n) is 5.55. The zero-order chi connectivity index (χ0) is 15.2. The molecular weight excluding hydrogens is 298 g/mol. The van der Waals surface area contributed by atoms with Gasteiger partial charge in [0.15, 0.2) is 15.8 Å². The smallest absolute Gasteiger partial charge is 0.194 e. The van der Waals surface area contributed by atoms with E-state index in [9.17, 15) is 8.42 Å². The van der Waals surface area contributed by atoms with Crippen molar-refractivity contribution in [1.29, 1.82) is 0 Å². The molecule has 4 rings (SSSR count).